The van der Waals surface area contributed by atoms with E-state index in [4.69, 9.17) is 9.47 Å². The zero-order valence-electron chi connectivity index (χ0n) is 17.5. The molecule has 0 bridgehead atoms. The molecule has 2 aromatic rings. The lowest BCUT2D eigenvalue weighted by molar-refractivity contribution is -0.148. The van der Waals surface area contributed by atoms with Crippen molar-refractivity contribution in [1.82, 2.24) is 10.6 Å². The molecule has 0 aliphatic heterocycles. The minimum absolute atomic E-state index is 0.0985. The summed E-state index contributed by atoms with van der Waals surface area (Å²) in [4.78, 5) is 36.9. The Bertz CT molecular complexity index is 824. The molecule has 0 heterocycles. The van der Waals surface area contributed by atoms with Crippen molar-refractivity contribution in [1.29, 1.82) is 0 Å². The quantitative estimate of drug-likeness (QED) is 0.617. The van der Waals surface area contributed by atoms with Crippen LogP contribution in [0.5, 0.6) is 0 Å². The number of rotatable bonds is 9. The summed E-state index contributed by atoms with van der Waals surface area (Å²) in [6, 6.07) is 16.8. The van der Waals surface area contributed by atoms with Crippen LogP contribution in [0.15, 0.2) is 60.7 Å². The van der Waals surface area contributed by atoms with Crippen LogP contribution in [0.3, 0.4) is 0 Å². The van der Waals surface area contributed by atoms with Crippen LogP contribution in [0, 0.1) is 5.92 Å². The first-order valence-corrected chi connectivity index (χ1v) is 9.85. The van der Waals surface area contributed by atoms with Gasteiger partial charge in [-0.1, -0.05) is 74.5 Å². The van der Waals surface area contributed by atoms with Gasteiger partial charge in [0.15, 0.2) is 0 Å². The molecule has 0 saturated carbocycles. The molecule has 2 N–H and O–H groups in total. The van der Waals surface area contributed by atoms with E-state index in [-0.39, 0.29) is 19.1 Å². The van der Waals surface area contributed by atoms with E-state index < -0.39 is 30.1 Å². The Morgan fingerprint density at radius 2 is 1.27 bits per heavy atom. The van der Waals surface area contributed by atoms with Gasteiger partial charge in [0, 0.05) is 0 Å². The van der Waals surface area contributed by atoms with E-state index in [1.165, 1.54) is 6.92 Å². The lowest BCUT2D eigenvalue weighted by Crippen LogP contribution is -2.53. The highest BCUT2D eigenvalue weighted by atomic mass is 16.5. The van der Waals surface area contributed by atoms with E-state index in [1.54, 1.807) is 13.8 Å². The van der Waals surface area contributed by atoms with E-state index in [0.717, 1.165) is 11.1 Å². The average molecular weight is 412 g/mol. The highest BCUT2D eigenvalue weighted by Gasteiger charge is 2.28. The second-order valence-corrected chi connectivity index (χ2v) is 7.25. The summed E-state index contributed by atoms with van der Waals surface area (Å²) in [5.41, 5.74) is 1.69. The monoisotopic (exact) mass is 412 g/mol. The number of esters is 1. The SMILES string of the molecule is CC(C)[C@@H](NC(=O)OCc1ccccc1)C(=O)N[C@@H](C)C(=O)OCc1ccccc1. The Balaban J connectivity index is 1.83. The molecule has 0 unspecified atom stereocenters. The number of carbonyl (C=O) groups excluding carboxylic acids is 3. The van der Waals surface area contributed by atoms with Crippen molar-refractivity contribution in [3.8, 4) is 0 Å². The largest absolute Gasteiger partial charge is 0.459 e. The predicted octanol–water partition coefficient (Wildman–Crippen LogP) is 3.19. The van der Waals surface area contributed by atoms with Gasteiger partial charge in [-0.2, -0.15) is 0 Å². The molecule has 2 atom stereocenters. The van der Waals surface area contributed by atoms with Crippen LogP contribution in [0.1, 0.15) is 31.9 Å². The van der Waals surface area contributed by atoms with Crippen molar-refractivity contribution in [2.45, 2.75) is 46.1 Å². The van der Waals surface area contributed by atoms with Crippen LogP contribution in [-0.2, 0) is 32.3 Å². The summed E-state index contributed by atoms with van der Waals surface area (Å²) >= 11 is 0. The number of benzene rings is 2. The minimum atomic E-state index is -0.857. The molecule has 2 amide bonds. The summed E-state index contributed by atoms with van der Waals surface area (Å²) < 4.78 is 10.4. The van der Waals surface area contributed by atoms with Crippen molar-refractivity contribution in [2.24, 2.45) is 5.92 Å². The molecule has 0 aliphatic carbocycles. The number of amides is 2. The van der Waals surface area contributed by atoms with E-state index in [9.17, 15) is 14.4 Å². The minimum Gasteiger partial charge on any atom is -0.459 e. The summed E-state index contributed by atoms with van der Waals surface area (Å²) in [5, 5.41) is 5.16. The molecule has 0 saturated heterocycles. The van der Waals surface area contributed by atoms with Crippen LogP contribution < -0.4 is 10.6 Å². The van der Waals surface area contributed by atoms with Gasteiger partial charge in [0.25, 0.3) is 0 Å². The van der Waals surface area contributed by atoms with Gasteiger partial charge in [0.2, 0.25) is 5.91 Å². The van der Waals surface area contributed by atoms with Gasteiger partial charge in [0.05, 0.1) is 0 Å². The number of alkyl carbamates (subject to hydrolysis) is 1. The lowest BCUT2D eigenvalue weighted by atomic mass is 10.0. The van der Waals surface area contributed by atoms with Gasteiger partial charge < -0.3 is 20.1 Å². The third-order valence-electron chi connectivity index (χ3n) is 4.37. The Labute approximate surface area is 176 Å². The van der Waals surface area contributed by atoms with Crippen LogP contribution in [0.2, 0.25) is 0 Å². The van der Waals surface area contributed by atoms with Crippen molar-refractivity contribution in [3.63, 3.8) is 0 Å². The first kappa shape index (κ1) is 22.9. The number of nitrogens with one attached hydrogen (secondary N) is 2. The van der Waals surface area contributed by atoms with Gasteiger partial charge in [-0.05, 0) is 24.0 Å². The van der Waals surface area contributed by atoms with Gasteiger partial charge in [-0.25, -0.2) is 9.59 Å². The van der Waals surface area contributed by atoms with Crippen LogP contribution in [0.4, 0.5) is 4.79 Å². The zero-order chi connectivity index (χ0) is 21.9. The maximum Gasteiger partial charge on any atom is 0.408 e. The Kier molecular flexibility index (Phi) is 8.87. The van der Waals surface area contributed by atoms with Gasteiger partial charge >= 0.3 is 12.1 Å². The van der Waals surface area contributed by atoms with Gasteiger partial charge in [0.1, 0.15) is 25.3 Å². The second-order valence-electron chi connectivity index (χ2n) is 7.25. The first-order chi connectivity index (χ1) is 14.4. The standard InChI is InChI=1S/C23H28N2O5/c1-16(2)20(25-23(28)30-15-19-12-8-5-9-13-19)21(26)24-17(3)22(27)29-14-18-10-6-4-7-11-18/h4-13,16-17,20H,14-15H2,1-3H3,(H,24,26)(H,25,28)/t17-,20+/m0/s1. The molecule has 160 valence electrons. The third-order valence-corrected chi connectivity index (χ3v) is 4.37. The molecule has 0 aromatic heterocycles. The molecular weight excluding hydrogens is 384 g/mol. The average Bonchev–Trinajstić information content (AvgIpc) is 2.75. The first-order valence-electron chi connectivity index (χ1n) is 9.85. The maximum atomic E-state index is 12.6. The van der Waals surface area contributed by atoms with E-state index in [0.29, 0.717) is 0 Å². The molecule has 2 aromatic carbocycles. The van der Waals surface area contributed by atoms with Crippen molar-refractivity contribution >= 4 is 18.0 Å². The topological polar surface area (TPSA) is 93.7 Å². The molecule has 30 heavy (non-hydrogen) atoms. The fourth-order valence-electron chi connectivity index (χ4n) is 2.64. The van der Waals surface area contributed by atoms with Crippen molar-refractivity contribution < 1.29 is 23.9 Å². The van der Waals surface area contributed by atoms with Crippen LogP contribution in [0.25, 0.3) is 0 Å². The number of carbonyl (C=O) groups is 3. The number of hydrogen-bond acceptors (Lipinski definition) is 5. The second kappa shape index (κ2) is 11.6. The van der Waals surface area contributed by atoms with Gasteiger partial charge in [-0.3, -0.25) is 4.79 Å². The Morgan fingerprint density at radius 1 is 0.767 bits per heavy atom. The van der Waals surface area contributed by atoms with Crippen molar-refractivity contribution in [3.05, 3.63) is 71.8 Å². The summed E-state index contributed by atoms with van der Waals surface area (Å²) in [5.74, 6) is -1.24. The smallest absolute Gasteiger partial charge is 0.408 e. The summed E-state index contributed by atoms with van der Waals surface area (Å²) in [6.45, 7) is 5.34. The maximum absolute atomic E-state index is 12.6. The summed E-state index contributed by atoms with van der Waals surface area (Å²) in [6.07, 6.45) is -0.702. The van der Waals surface area contributed by atoms with Gasteiger partial charge in [-0.15, -0.1) is 0 Å². The van der Waals surface area contributed by atoms with Crippen LogP contribution >= 0.6 is 0 Å². The molecule has 0 spiro atoms. The van der Waals surface area contributed by atoms with Crippen LogP contribution in [-0.4, -0.2) is 30.1 Å². The van der Waals surface area contributed by atoms with E-state index in [2.05, 4.69) is 10.6 Å². The molecule has 0 fully saturated rings. The highest BCUT2D eigenvalue weighted by Crippen LogP contribution is 2.06. The fourth-order valence-corrected chi connectivity index (χ4v) is 2.64. The lowest BCUT2D eigenvalue weighted by Gasteiger charge is -2.23. The molecule has 7 nitrogen and oxygen atoms in total. The van der Waals surface area contributed by atoms with Crippen molar-refractivity contribution in [2.75, 3.05) is 0 Å². The highest BCUT2D eigenvalue weighted by molar-refractivity contribution is 5.89. The molecular formula is C23H28N2O5. The normalized spacial score (nSPS) is 12.5. The third kappa shape index (κ3) is 7.58. The number of ether oxygens (including phenoxy) is 2. The molecule has 0 aliphatic rings. The summed E-state index contributed by atoms with van der Waals surface area (Å²) in [7, 11) is 0. The zero-order valence-corrected chi connectivity index (χ0v) is 17.5. The molecule has 0 radical (unpaired) electrons. The Morgan fingerprint density at radius 3 is 1.77 bits per heavy atom. The van der Waals surface area contributed by atoms with E-state index in [1.807, 2.05) is 60.7 Å². The van der Waals surface area contributed by atoms with E-state index >= 15 is 0 Å². The molecule has 7 heteroatoms. The number of hydrogen-bond donors (Lipinski definition) is 2. The predicted molar refractivity (Wildman–Crippen MR) is 112 cm³/mol. The Hall–Kier alpha value is -3.35. The molecule has 2 rings (SSSR count). The fraction of sp³-hybridized carbons (Fsp3) is 0.348.